The second-order valence-corrected chi connectivity index (χ2v) is 9.49. The third-order valence-corrected chi connectivity index (χ3v) is 7.23. The van der Waals surface area contributed by atoms with E-state index in [1.807, 2.05) is 17.0 Å². The first kappa shape index (κ1) is 23.4. The molecule has 0 radical (unpaired) electrons. The van der Waals surface area contributed by atoms with E-state index in [4.69, 9.17) is 0 Å². The number of benzene rings is 1. The van der Waals surface area contributed by atoms with Gasteiger partial charge in [-0.3, -0.25) is 4.79 Å². The topological polar surface area (TPSA) is 95.0 Å². The van der Waals surface area contributed by atoms with Crippen molar-refractivity contribution in [2.45, 2.75) is 63.0 Å². The zero-order valence-electron chi connectivity index (χ0n) is 18.2. The molecule has 176 valence electrons. The van der Waals surface area contributed by atoms with Gasteiger partial charge in [0.15, 0.2) is 0 Å². The summed E-state index contributed by atoms with van der Waals surface area (Å²) in [4.78, 5) is 16.5. The van der Waals surface area contributed by atoms with Crippen LogP contribution >= 0.6 is 11.3 Å². The van der Waals surface area contributed by atoms with E-state index in [1.165, 1.54) is 24.3 Å². The summed E-state index contributed by atoms with van der Waals surface area (Å²) in [5.74, 6) is -2.70. The first-order valence-electron chi connectivity index (χ1n) is 11.2. The number of amides is 1. The highest BCUT2D eigenvalue weighted by Gasteiger charge is 2.40. The number of aliphatic hydroxyl groups excluding tert-OH is 1. The van der Waals surface area contributed by atoms with E-state index in [0.29, 0.717) is 25.2 Å². The molecule has 0 spiro atoms. The number of aromatic amines is 1. The summed E-state index contributed by atoms with van der Waals surface area (Å²) in [5, 5.41) is 24.2. The Hall–Kier alpha value is -2.72. The number of carbonyl (C=O) groups excluding carboxylic acids is 1. The predicted octanol–water partition coefficient (Wildman–Crippen LogP) is 4.18. The molecule has 33 heavy (non-hydrogen) atoms. The normalized spacial score (nSPS) is 18.0. The molecule has 1 aromatic carbocycles. The van der Waals surface area contributed by atoms with E-state index in [1.54, 1.807) is 17.4 Å². The number of aryl methyl sites for hydroxylation is 1. The Labute approximate surface area is 194 Å². The molecule has 1 fully saturated rings. The third kappa shape index (κ3) is 5.62. The Morgan fingerprint density at radius 1 is 1.24 bits per heavy atom. The number of thiophene rings is 1. The van der Waals surface area contributed by atoms with E-state index in [9.17, 15) is 18.7 Å². The van der Waals surface area contributed by atoms with Crippen LogP contribution in [-0.2, 0) is 17.1 Å². The van der Waals surface area contributed by atoms with Crippen LogP contribution in [0.15, 0.2) is 42.5 Å². The minimum atomic E-state index is -3.32. The molecule has 7 nitrogen and oxygen atoms in total. The smallest absolute Gasteiger partial charge is 0.298 e. The van der Waals surface area contributed by atoms with Crippen molar-refractivity contribution in [3.8, 4) is 10.7 Å². The molecule has 1 aliphatic rings. The minimum absolute atomic E-state index is 0.0602. The fraction of sp³-hybridized carbons (Fsp3) is 0.478. The van der Waals surface area contributed by atoms with Gasteiger partial charge in [0.1, 0.15) is 6.10 Å². The molecular weight excluding hydrogens is 448 g/mol. The van der Waals surface area contributed by atoms with Gasteiger partial charge in [0.25, 0.3) is 5.92 Å². The van der Waals surface area contributed by atoms with E-state index in [0.717, 1.165) is 35.4 Å². The number of halogens is 2. The number of likely N-dealkylation sites (tertiary alicyclic amines) is 1. The monoisotopic (exact) mass is 475 g/mol. The summed E-state index contributed by atoms with van der Waals surface area (Å²) in [6, 6.07) is 11.3. The maximum Gasteiger partial charge on any atom is 0.298 e. The Bertz CT molecular complexity index is 1030. The van der Waals surface area contributed by atoms with Crippen molar-refractivity contribution in [3.05, 3.63) is 52.9 Å². The average molecular weight is 476 g/mol. The molecule has 3 heterocycles. The van der Waals surface area contributed by atoms with Crippen LogP contribution in [0.4, 0.5) is 8.78 Å². The second-order valence-electron chi connectivity index (χ2n) is 8.32. The van der Waals surface area contributed by atoms with E-state index in [2.05, 4.69) is 20.6 Å². The van der Waals surface area contributed by atoms with Gasteiger partial charge in [0.2, 0.25) is 11.7 Å². The van der Waals surface area contributed by atoms with Crippen molar-refractivity contribution in [2.24, 2.45) is 0 Å². The Morgan fingerprint density at radius 2 is 2.06 bits per heavy atom. The average Bonchev–Trinajstić information content (AvgIpc) is 3.51. The van der Waals surface area contributed by atoms with Gasteiger partial charge >= 0.3 is 0 Å². The van der Waals surface area contributed by atoms with Crippen molar-refractivity contribution in [1.29, 1.82) is 0 Å². The number of tetrazole rings is 1. The van der Waals surface area contributed by atoms with Crippen LogP contribution in [0.1, 0.15) is 49.0 Å². The molecule has 0 unspecified atom stereocenters. The minimum Gasteiger partial charge on any atom is -0.386 e. The van der Waals surface area contributed by atoms with Gasteiger partial charge in [-0.1, -0.05) is 30.3 Å². The van der Waals surface area contributed by atoms with Gasteiger partial charge in [-0.15, -0.1) is 21.5 Å². The maximum atomic E-state index is 14.6. The number of piperidine rings is 1. The predicted molar refractivity (Wildman–Crippen MR) is 121 cm³/mol. The Balaban J connectivity index is 1.31. The number of nitrogens with one attached hydrogen (secondary N) is 1. The summed E-state index contributed by atoms with van der Waals surface area (Å²) < 4.78 is 29.3. The summed E-state index contributed by atoms with van der Waals surface area (Å²) in [6.07, 6.45) is 2.10. The molecule has 1 amide bonds. The lowest BCUT2D eigenvalue weighted by Gasteiger charge is -2.36. The van der Waals surface area contributed by atoms with Crippen LogP contribution in [0.25, 0.3) is 10.7 Å². The molecule has 0 aliphatic carbocycles. The maximum absolute atomic E-state index is 14.6. The molecule has 2 atom stereocenters. The first-order valence-corrected chi connectivity index (χ1v) is 12.0. The lowest BCUT2D eigenvalue weighted by molar-refractivity contribution is -0.138. The van der Waals surface area contributed by atoms with Gasteiger partial charge in [0.05, 0.1) is 4.88 Å². The molecule has 2 N–H and O–H groups in total. The van der Waals surface area contributed by atoms with Gasteiger partial charge in [0, 0.05) is 29.4 Å². The number of nitrogens with zero attached hydrogens (tertiary/aromatic N) is 4. The van der Waals surface area contributed by atoms with Crippen LogP contribution < -0.4 is 0 Å². The van der Waals surface area contributed by atoms with E-state index >= 15 is 0 Å². The second kappa shape index (κ2) is 10.5. The SMILES string of the molecule is O=C1CCC[C@H](CC[C@@H](O)C(F)(F)c2ccccc2)N1CCCc1ccc(-c2nn[nH]n2)s1. The molecule has 0 bridgehead atoms. The molecule has 0 saturated carbocycles. The van der Waals surface area contributed by atoms with Gasteiger partial charge in [-0.05, 0) is 55.9 Å². The molecule has 2 aromatic heterocycles. The quantitative estimate of drug-likeness (QED) is 0.459. The number of alkyl halides is 2. The molecule has 4 rings (SSSR count). The van der Waals surface area contributed by atoms with Gasteiger partial charge in [-0.25, -0.2) is 0 Å². The number of hydrogen-bond acceptors (Lipinski definition) is 6. The summed E-state index contributed by atoms with van der Waals surface area (Å²) in [7, 11) is 0. The summed E-state index contributed by atoms with van der Waals surface area (Å²) in [5.41, 5.74) is -0.190. The zero-order valence-corrected chi connectivity index (χ0v) is 19.0. The van der Waals surface area contributed by atoms with Crippen LogP contribution in [0.5, 0.6) is 0 Å². The lowest BCUT2D eigenvalue weighted by atomic mass is 9.93. The number of rotatable bonds is 10. The lowest BCUT2D eigenvalue weighted by Crippen LogP contribution is -2.45. The van der Waals surface area contributed by atoms with Gasteiger partial charge < -0.3 is 10.0 Å². The van der Waals surface area contributed by atoms with Crippen molar-refractivity contribution in [3.63, 3.8) is 0 Å². The molecular formula is C23H27F2N5O2S. The van der Waals surface area contributed by atoms with E-state index < -0.39 is 12.0 Å². The number of carbonyl (C=O) groups is 1. The molecule has 1 aliphatic heterocycles. The van der Waals surface area contributed by atoms with Crippen LogP contribution in [-0.4, -0.2) is 55.2 Å². The highest BCUT2D eigenvalue weighted by Crippen LogP contribution is 2.35. The number of aromatic nitrogens is 4. The van der Waals surface area contributed by atoms with Crippen LogP contribution in [0.2, 0.25) is 0 Å². The molecule has 10 heteroatoms. The molecule has 3 aromatic rings. The number of aliphatic hydroxyl groups is 1. The van der Waals surface area contributed by atoms with Crippen molar-refractivity contribution in [2.75, 3.05) is 6.54 Å². The highest BCUT2D eigenvalue weighted by atomic mass is 32.1. The number of H-pyrrole nitrogens is 1. The zero-order chi connectivity index (χ0) is 23.3. The van der Waals surface area contributed by atoms with Crippen LogP contribution in [0, 0.1) is 0 Å². The van der Waals surface area contributed by atoms with Gasteiger partial charge in [-0.2, -0.15) is 14.0 Å². The number of hydrogen-bond donors (Lipinski definition) is 2. The standard InChI is InChI=1S/C23H27F2N5O2S/c24-23(25,16-6-2-1-3-7-16)20(31)14-11-17-8-4-10-21(32)30(17)15-5-9-18-12-13-19(33-18)22-26-28-29-27-22/h1-3,6-7,12-13,17,20,31H,4-5,8-11,14-15H2,(H,26,27,28,29)/t17-,20-/m1/s1. The third-order valence-electron chi connectivity index (χ3n) is 6.09. The van der Waals surface area contributed by atoms with Crippen molar-refractivity contribution in [1.82, 2.24) is 25.5 Å². The fourth-order valence-corrected chi connectivity index (χ4v) is 5.28. The Kier molecular flexibility index (Phi) is 7.44. The Morgan fingerprint density at radius 3 is 2.82 bits per heavy atom. The largest absolute Gasteiger partial charge is 0.386 e. The fourth-order valence-electron chi connectivity index (χ4n) is 4.31. The van der Waals surface area contributed by atoms with Crippen molar-refractivity contribution >= 4 is 17.2 Å². The van der Waals surface area contributed by atoms with E-state index in [-0.39, 0.29) is 23.9 Å². The summed E-state index contributed by atoms with van der Waals surface area (Å²) in [6.45, 7) is 0.574. The first-order chi connectivity index (χ1) is 15.9. The molecule has 1 saturated heterocycles. The highest BCUT2D eigenvalue weighted by molar-refractivity contribution is 7.15. The van der Waals surface area contributed by atoms with Crippen LogP contribution in [0.3, 0.4) is 0 Å². The summed E-state index contributed by atoms with van der Waals surface area (Å²) >= 11 is 1.59. The van der Waals surface area contributed by atoms with Crippen molar-refractivity contribution < 1.29 is 18.7 Å².